The molecule has 0 aliphatic rings. The van der Waals surface area contributed by atoms with Crippen molar-refractivity contribution in [3.05, 3.63) is 0 Å². The molecule has 3 heteroatoms. The quantitative estimate of drug-likeness (QED) is 0.582. The third-order valence-electron chi connectivity index (χ3n) is 0.743. The standard InChI is InChI=1S/C5H13NO.CH4O/c1-6(2)4-5-7-3;1-2/h4-5H2,1-3H3;2H,1H3. The van der Waals surface area contributed by atoms with Crippen LogP contribution < -0.4 is 0 Å². The normalized spacial score (nSPS) is 8.67. The Bertz CT molecular complexity index is 40.0. The molecular formula is C6H17NO2. The van der Waals surface area contributed by atoms with Crippen LogP contribution in [0, 0.1) is 0 Å². The van der Waals surface area contributed by atoms with E-state index in [1.54, 1.807) is 7.11 Å². The smallest absolute Gasteiger partial charge is 0.0589 e. The molecule has 0 heterocycles. The Kier molecular flexibility index (Phi) is 14.0. The third kappa shape index (κ3) is 18.1. The van der Waals surface area contributed by atoms with Gasteiger partial charge in [-0.1, -0.05) is 0 Å². The number of likely N-dealkylation sites (N-methyl/N-ethyl adjacent to an activating group) is 1. The molecule has 0 aliphatic heterocycles. The minimum Gasteiger partial charge on any atom is -0.400 e. The molecule has 9 heavy (non-hydrogen) atoms. The Labute approximate surface area is 57.2 Å². The fourth-order valence-electron chi connectivity index (χ4n) is 0.274. The predicted molar refractivity (Wildman–Crippen MR) is 38.6 cm³/mol. The van der Waals surface area contributed by atoms with E-state index in [1.165, 1.54) is 0 Å². The molecular weight excluding hydrogens is 118 g/mol. The van der Waals surface area contributed by atoms with Gasteiger partial charge in [-0.15, -0.1) is 0 Å². The number of nitrogens with zero attached hydrogens (tertiary/aromatic N) is 1. The van der Waals surface area contributed by atoms with Gasteiger partial charge in [-0.2, -0.15) is 0 Å². The maximum Gasteiger partial charge on any atom is 0.0589 e. The Morgan fingerprint density at radius 2 is 1.78 bits per heavy atom. The zero-order chi connectivity index (χ0) is 7.70. The van der Waals surface area contributed by atoms with Crippen molar-refractivity contribution in [3.63, 3.8) is 0 Å². The lowest BCUT2D eigenvalue weighted by molar-refractivity contribution is 0.172. The van der Waals surface area contributed by atoms with Crippen LogP contribution in [-0.2, 0) is 4.74 Å². The lowest BCUT2D eigenvalue weighted by Gasteiger charge is -2.06. The number of aliphatic hydroxyl groups excluding tert-OH is 1. The highest BCUT2D eigenvalue weighted by Crippen LogP contribution is 1.71. The van der Waals surface area contributed by atoms with Crippen molar-refractivity contribution in [2.24, 2.45) is 0 Å². The van der Waals surface area contributed by atoms with Crippen LogP contribution in [0.15, 0.2) is 0 Å². The van der Waals surface area contributed by atoms with Gasteiger partial charge >= 0.3 is 0 Å². The molecule has 0 unspecified atom stereocenters. The number of methoxy groups -OCH3 is 1. The van der Waals surface area contributed by atoms with Gasteiger partial charge in [0.05, 0.1) is 6.61 Å². The van der Waals surface area contributed by atoms with E-state index in [-0.39, 0.29) is 0 Å². The highest BCUT2D eigenvalue weighted by molar-refractivity contribution is 4.36. The lowest BCUT2D eigenvalue weighted by Crippen LogP contribution is -2.16. The second-order valence-corrected chi connectivity index (χ2v) is 1.80. The molecule has 0 aliphatic carbocycles. The van der Waals surface area contributed by atoms with E-state index in [0.717, 1.165) is 20.3 Å². The van der Waals surface area contributed by atoms with Crippen molar-refractivity contribution < 1.29 is 9.84 Å². The Hall–Kier alpha value is -0.120. The molecule has 0 atom stereocenters. The van der Waals surface area contributed by atoms with Crippen LogP contribution in [0.25, 0.3) is 0 Å². The lowest BCUT2D eigenvalue weighted by atomic mass is 10.6. The summed E-state index contributed by atoms with van der Waals surface area (Å²) in [5.41, 5.74) is 0. The van der Waals surface area contributed by atoms with Gasteiger partial charge in [0.25, 0.3) is 0 Å². The summed E-state index contributed by atoms with van der Waals surface area (Å²) < 4.78 is 4.81. The Balaban J connectivity index is 0. The summed E-state index contributed by atoms with van der Waals surface area (Å²) in [6, 6.07) is 0. The summed E-state index contributed by atoms with van der Waals surface area (Å²) in [6.45, 7) is 1.84. The van der Waals surface area contributed by atoms with Crippen LogP contribution in [-0.4, -0.2) is 51.5 Å². The van der Waals surface area contributed by atoms with E-state index >= 15 is 0 Å². The minimum absolute atomic E-state index is 0.826. The molecule has 0 bridgehead atoms. The van der Waals surface area contributed by atoms with Crippen LogP contribution in [0.3, 0.4) is 0 Å². The van der Waals surface area contributed by atoms with Gasteiger partial charge < -0.3 is 14.7 Å². The first-order valence-electron chi connectivity index (χ1n) is 2.85. The predicted octanol–water partition coefficient (Wildman–Crippen LogP) is -0.197. The summed E-state index contributed by atoms with van der Waals surface area (Å²) in [4.78, 5) is 2.09. The van der Waals surface area contributed by atoms with Gasteiger partial charge in [-0.05, 0) is 14.1 Å². The highest BCUT2D eigenvalue weighted by Gasteiger charge is 1.83. The van der Waals surface area contributed by atoms with E-state index in [1.807, 2.05) is 14.1 Å². The fraction of sp³-hybridized carbons (Fsp3) is 1.00. The average Bonchev–Trinajstić information content (AvgIpc) is 1.88. The van der Waals surface area contributed by atoms with Crippen molar-refractivity contribution in [1.82, 2.24) is 4.90 Å². The molecule has 0 radical (unpaired) electrons. The van der Waals surface area contributed by atoms with Crippen molar-refractivity contribution in [2.75, 3.05) is 41.5 Å². The zero-order valence-corrected chi connectivity index (χ0v) is 6.72. The van der Waals surface area contributed by atoms with Gasteiger partial charge in [-0.3, -0.25) is 0 Å². The second kappa shape index (κ2) is 10.8. The van der Waals surface area contributed by atoms with Crippen LogP contribution >= 0.6 is 0 Å². The van der Waals surface area contributed by atoms with Crippen molar-refractivity contribution in [1.29, 1.82) is 0 Å². The van der Waals surface area contributed by atoms with Gasteiger partial charge in [0.15, 0.2) is 0 Å². The number of aliphatic hydroxyl groups is 1. The second-order valence-electron chi connectivity index (χ2n) is 1.80. The molecule has 0 spiro atoms. The van der Waals surface area contributed by atoms with Crippen LogP contribution in [0.5, 0.6) is 0 Å². The molecule has 0 rings (SSSR count). The van der Waals surface area contributed by atoms with Crippen LogP contribution in [0.4, 0.5) is 0 Å². The largest absolute Gasteiger partial charge is 0.400 e. The van der Waals surface area contributed by atoms with Gasteiger partial charge in [-0.25, -0.2) is 0 Å². The number of hydrogen-bond acceptors (Lipinski definition) is 3. The van der Waals surface area contributed by atoms with E-state index in [9.17, 15) is 0 Å². The topological polar surface area (TPSA) is 32.7 Å². The first kappa shape index (κ1) is 11.6. The monoisotopic (exact) mass is 135 g/mol. The molecule has 0 aromatic heterocycles. The summed E-state index contributed by atoms with van der Waals surface area (Å²) in [6.07, 6.45) is 0. The third-order valence-corrected chi connectivity index (χ3v) is 0.743. The first-order valence-corrected chi connectivity index (χ1v) is 2.85. The number of hydrogen-bond donors (Lipinski definition) is 1. The van der Waals surface area contributed by atoms with Crippen LogP contribution in [0.1, 0.15) is 0 Å². The average molecular weight is 135 g/mol. The van der Waals surface area contributed by atoms with Crippen molar-refractivity contribution >= 4 is 0 Å². The maximum absolute atomic E-state index is 7.00. The van der Waals surface area contributed by atoms with Crippen LogP contribution in [0.2, 0.25) is 0 Å². The molecule has 0 fully saturated rings. The molecule has 0 saturated carbocycles. The molecule has 0 aromatic carbocycles. The van der Waals surface area contributed by atoms with Gasteiger partial charge in [0.2, 0.25) is 0 Å². The molecule has 58 valence electrons. The van der Waals surface area contributed by atoms with E-state index in [0.29, 0.717) is 0 Å². The molecule has 1 N–H and O–H groups in total. The number of rotatable bonds is 3. The summed E-state index contributed by atoms with van der Waals surface area (Å²) in [5, 5.41) is 7.00. The van der Waals surface area contributed by atoms with E-state index < -0.39 is 0 Å². The van der Waals surface area contributed by atoms with E-state index in [2.05, 4.69) is 4.90 Å². The minimum atomic E-state index is 0.826. The van der Waals surface area contributed by atoms with Gasteiger partial charge in [0, 0.05) is 20.8 Å². The van der Waals surface area contributed by atoms with E-state index in [4.69, 9.17) is 9.84 Å². The molecule has 0 aromatic rings. The maximum atomic E-state index is 7.00. The molecule has 0 amide bonds. The highest BCUT2D eigenvalue weighted by atomic mass is 16.5. The Morgan fingerprint density at radius 1 is 1.33 bits per heavy atom. The number of ether oxygens (including phenoxy) is 1. The summed E-state index contributed by atoms with van der Waals surface area (Å²) in [7, 11) is 6.77. The van der Waals surface area contributed by atoms with Crippen molar-refractivity contribution in [2.45, 2.75) is 0 Å². The fourth-order valence-corrected chi connectivity index (χ4v) is 0.274. The van der Waals surface area contributed by atoms with Crippen molar-refractivity contribution in [3.8, 4) is 0 Å². The molecule has 3 nitrogen and oxygen atoms in total. The summed E-state index contributed by atoms with van der Waals surface area (Å²) >= 11 is 0. The SMILES string of the molecule is CO.COCCN(C)C. The Morgan fingerprint density at radius 3 is 1.89 bits per heavy atom. The zero-order valence-electron chi connectivity index (χ0n) is 6.72. The first-order chi connectivity index (χ1) is 4.27. The molecule has 0 saturated heterocycles. The van der Waals surface area contributed by atoms with Gasteiger partial charge in [0.1, 0.15) is 0 Å². The summed E-state index contributed by atoms with van der Waals surface area (Å²) in [5.74, 6) is 0.